The molecule has 0 unspecified atom stereocenters. The van der Waals surface area contributed by atoms with Crippen molar-refractivity contribution in [2.45, 2.75) is 39.3 Å². The van der Waals surface area contributed by atoms with Crippen LogP contribution in [0.4, 0.5) is 0 Å². The van der Waals surface area contributed by atoms with Crippen molar-refractivity contribution in [3.63, 3.8) is 0 Å². The molecule has 0 aromatic heterocycles. The van der Waals surface area contributed by atoms with Crippen LogP contribution in [0.2, 0.25) is 39.3 Å². The molecule has 0 heterocycles. The molecule has 0 aliphatic heterocycles. The predicted octanol–water partition coefficient (Wildman–Crippen LogP) is 5.96. The highest BCUT2D eigenvalue weighted by Gasteiger charge is 2.18. The first-order valence-corrected chi connectivity index (χ1v) is 15.5. The van der Waals surface area contributed by atoms with Crippen molar-refractivity contribution in [3.8, 4) is 0 Å². The first kappa shape index (κ1) is 17.3. The maximum Gasteiger partial charge on any atom is 0.242 e. The first-order chi connectivity index (χ1) is 9.16. The molecule has 0 atom stereocenters. The predicted molar refractivity (Wildman–Crippen MR) is 98.9 cm³/mol. The molecular weight excluding hydrogens is 296 g/mol. The van der Waals surface area contributed by atoms with Crippen molar-refractivity contribution < 1.29 is 4.43 Å². The third kappa shape index (κ3) is 8.45. The van der Waals surface area contributed by atoms with Gasteiger partial charge in [-0.3, -0.25) is 0 Å². The van der Waals surface area contributed by atoms with Crippen LogP contribution in [0.3, 0.4) is 0 Å². The zero-order valence-electron chi connectivity index (χ0n) is 13.4. The summed E-state index contributed by atoms with van der Waals surface area (Å²) in [6.07, 6.45) is 4.22. The minimum atomic E-state index is -1.57. The monoisotopic (exact) mass is 322 g/mol. The summed E-state index contributed by atoms with van der Waals surface area (Å²) in [5.41, 5.74) is 1.20. The molecule has 1 aromatic carbocycles. The normalized spacial score (nSPS) is 13.8. The van der Waals surface area contributed by atoms with E-state index in [4.69, 9.17) is 4.43 Å². The molecule has 110 valence electrons. The van der Waals surface area contributed by atoms with Crippen molar-refractivity contribution >= 4 is 32.8 Å². The fourth-order valence-corrected chi connectivity index (χ4v) is 4.35. The van der Waals surface area contributed by atoms with Gasteiger partial charge in [0, 0.05) is 5.41 Å². The maximum absolute atomic E-state index is 6.17. The highest BCUT2D eigenvalue weighted by atomic mass is 32.4. The second-order valence-electron chi connectivity index (χ2n) is 6.71. The fourth-order valence-electron chi connectivity index (χ4n) is 1.43. The van der Waals surface area contributed by atoms with Gasteiger partial charge >= 0.3 is 0 Å². The van der Waals surface area contributed by atoms with Crippen LogP contribution in [0.5, 0.6) is 0 Å². The lowest BCUT2D eigenvalue weighted by molar-refractivity contribution is 0.444. The van der Waals surface area contributed by atoms with Gasteiger partial charge < -0.3 is 4.43 Å². The second kappa shape index (κ2) is 7.34. The summed E-state index contributed by atoms with van der Waals surface area (Å²) in [6.45, 7) is 13.7. The molecule has 0 fully saturated rings. The van der Waals surface area contributed by atoms with Crippen molar-refractivity contribution in [2.75, 3.05) is 0 Å². The Labute approximate surface area is 129 Å². The summed E-state index contributed by atoms with van der Waals surface area (Å²) < 4.78 is 6.17. The lowest BCUT2D eigenvalue weighted by Crippen LogP contribution is -2.24. The Morgan fingerprint density at radius 3 is 2.10 bits per heavy atom. The van der Waals surface area contributed by atoms with Crippen LogP contribution in [0, 0.1) is 0 Å². The van der Waals surface area contributed by atoms with E-state index in [2.05, 4.69) is 81.1 Å². The zero-order chi connectivity index (χ0) is 15.2. The molecule has 0 saturated heterocycles. The Balaban J connectivity index is 2.85. The van der Waals surface area contributed by atoms with E-state index in [1.54, 1.807) is 0 Å². The van der Waals surface area contributed by atoms with Gasteiger partial charge in [-0.15, -0.1) is 0 Å². The quantitative estimate of drug-likeness (QED) is 0.363. The van der Waals surface area contributed by atoms with Crippen LogP contribution >= 0.6 is 11.2 Å². The van der Waals surface area contributed by atoms with Gasteiger partial charge in [0.2, 0.25) is 8.32 Å². The van der Waals surface area contributed by atoms with Crippen LogP contribution in [0.1, 0.15) is 5.56 Å². The standard InChI is InChI=1S/C16H26OSSi2/c1-19(2,3)17-16(14-18-20(4,5)6)13-12-15-10-8-7-9-11-15/h7-14H,1-6H3/b13-12+,16-14-. The van der Waals surface area contributed by atoms with E-state index in [-0.39, 0.29) is 0 Å². The molecule has 0 radical (unpaired) electrons. The third-order valence-corrected chi connectivity index (χ3v) is 6.57. The van der Waals surface area contributed by atoms with Gasteiger partial charge in [0.15, 0.2) is 0 Å². The Morgan fingerprint density at radius 1 is 1.00 bits per heavy atom. The van der Waals surface area contributed by atoms with E-state index < -0.39 is 15.5 Å². The van der Waals surface area contributed by atoms with Crippen molar-refractivity contribution in [1.82, 2.24) is 0 Å². The van der Waals surface area contributed by atoms with E-state index in [1.807, 2.05) is 17.3 Å². The molecule has 0 aliphatic rings. The molecule has 1 nitrogen and oxygen atoms in total. The summed E-state index contributed by atoms with van der Waals surface area (Å²) in [7, 11) is -2.73. The average Bonchev–Trinajstić information content (AvgIpc) is 2.31. The lowest BCUT2D eigenvalue weighted by Gasteiger charge is -2.21. The van der Waals surface area contributed by atoms with Gasteiger partial charge in [0.1, 0.15) is 13.0 Å². The van der Waals surface area contributed by atoms with Gasteiger partial charge in [-0.25, -0.2) is 0 Å². The van der Waals surface area contributed by atoms with Crippen LogP contribution in [-0.2, 0) is 4.43 Å². The summed E-state index contributed by atoms with van der Waals surface area (Å²) in [6, 6.07) is 10.4. The number of hydrogen-bond acceptors (Lipinski definition) is 2. The van der Waals surface area contributed by atoms with Crippen LogP contribution in [0.25, 0.3) is 6.08 Å². The Bertz CT molecular complexity index is 467. The molecule has 1 rings (SSSR count). The summed E-state index contributed by atoms with van der Waals surface area (Å²) in [5, 5.41) is 2.20. The van der Waals surface area contributed by atoms with Crippen LogP contribution in [-0.4, -0.2) is 15.5 Å². The highest BCUT2D eigenvalue weighted by molar-refractivity contribution is 8.30. The van der Waals surface area contributed by atoms with E-state index in [0.29, 0.717) is 0 Å². The van der Waals surface area contributed by atoms with E-state index >= 15 is 0 Å². The van der Waals surface area contributed by atoms with Crippen LogP contribution in [0.15, 0.2) is 47.6 Å². The van der Waals surface area contributed by atoms with Crippen LogP contribution < -0.4 is 0 Å². The smallest absolute Gasteiger partial charge is 0.242 e. The summed E-state index contributed by atoms with van der Waals surface area (Å²) in [4.78, 5) is 0. The molecular formula is C16H26OSSi2. The number of allylic oxidation sites excluding steroid dienone is 1. The fraction of sp³-hybridized carbons (Fsp3) is 0.375. The third-order valence-electron chi connectivity index (χ3n) is 2.19. The highest BCUT2D eigenvalue weighted by Crippen LogP contribution is 2.24. The van der Waals surface area contributed by atoms with Gasteiger partial charge in [-0.05, 0) is 31.3 Å². The number of benzene rings is 1. The van der Waals surface area contributed by atoms with Crippen molar-refractivity contribution in [2.24, 2.45) is 0 Å². The first-order valence-electron chi connectivity index (χ1n) is 6.96. The Hall–Kier alpha value is -0.716. The SMILES string of the molecule is C[Si](C)(C)OC(=C\S[Si](C)(C)C)/C=C/c1ccccc1. The lowest BCUT2D eigenvalue weighted by atomic mass is 10.2. The molecule has 0 bridgehead atoms. The summed E-state index contributed by atoms with van der Waals surface area (Å²) >= 11 is 1.94. The molecule has 1 aromatic rings. The van der Waals surface area contributed by atoms with Crippen molar-refractivity contribution in [1.29, 1.82) is 0 Å². The molecule has 0 amide bonds. The van der Waals surface area contributed by atoms with Gasteiger partial charge in [0.05, 0.1) is 0 Å². The largest absolute Gasteiger partial charge is 0.544 e. The second-order valence-corrected chi connectivity index (χ2v) is 20.2. The maximum atomic E-state index is 6.17. The van der Waals surface area contributed by atoms with E-state index in [9.17, 15) is 0 Å². The van der Waals surface area contributed by atoms with E-state index in [0.717, 1.165) is 5.76 Å². The molecule has 0 spiro atoms. The molecule has 4 heteroatoms. The Kier molecular flexibility index (Phi) is 6.36. The van der Waals surface area contributed by atoms with E-state index in [1.165, 1.54) is 5.56 Å². The topological polar surface area (TPSA) is 9.23 Å². The number of rotatable bonds is 6. The molecule has 0 saturated carbocycles. The molecule has 0 aliphatic carbocycles. The zero-order valence-corrected chi connectivity index (χ0v) is 16.3. The molecule has 0 N–H and O–H groups in total. The van der Waals surface area contributed by atoms with Gasteiger partial charge in [0.25, 0.3) is 0 Å². The Morgan fingerprint density at radius 2 is 1.60 bits per heavy atom. The van der Waals surface area contributed by atoms with Gasteiger partial charge in [-0.1, -0.05) is 56.0 Å². The minimum absolute atomic E-state index is 1.00. The number of hydrogen-bond donors (Lipinski definition) is 0. The van der Waals surface area contributed by atoms with Gasteiger partial charge in [-0.2, -0.15) is 11.2 Å². The summed E-state index contributed by atoms with van der Waals surface area (Å²) in [5.74, 6) is 1.00. The average molecular weight is 323 g/mol. The minimum Gasteiger partial charge on any atom is -0.544 e. The molecule has 20 heavy (non-hydrogen) atoms. The van der Waals surface area contributed by atoms with Crippen molar-refractivity contribution in [3.05, 3.63) is 53.1 Å².